The highest BCUT2D eigenvalue weighted by Gasteiger charge is 2.46. The highest BCUT2D eigenvalue weighted by Crippen LogP contribution is 2.60. The number of halogens is 1. The van der Waals surface area contributed by atoms with Gasteiger partial charge in [-0.05, 0) is 40.9 Å². The van der Waals surface area contributed by atoms with Crippen molar-refractivity contribution < 1.29 is 14.4 Å². The number of rotatable bonds is 4. The summed E-state index contributed by atoms with van der Waals surface area (Å²) < 4.78 is 12.4. The maximum absolute atomic E-state index is 11.6. The Labute approximate surface area is 103 Å². The molecule has 0 fully saturated rings. The van der Waals surface area contributed by atoms with Crippen molar-refractivity contribution in [3.05, 3.63) is 28.5 Å². The Morgan fingerprint density at radius 2 is 1.94 bits per heavy atom. The quantitative estimate of drug-likeness (QED) is 0.839. The third-order valence-electron chi connectivity index (χ3n) is 2.93. The van der Waals surface area contributed by atoms with E-state index >= 15 is 0 Å². The monoisotopic (exact) mass is 307 g/mol. The van der Waals surface area contributed by atoms with E-state index in [1.165, 1.54) is 0 Å². The van der Waals surface area contributed by atoms with Crippen LogP contribution in [0.5, 0.6) is 0 Å². The standard InChI is InChI=1S/C10H15BrNO3P/c1-3-10(4-2,16(13,14)15)9-6-5-8(11)7-12-9/h5-7H,3-4H2,1-2H3,(H2,13,14,15). The minimum Gasteiger partial charge on any atom is -0.324 e. The normalized spacial score (nSPS) is 12.8. The van der Waals surface area contributed by atoms with Crippen LogP contribution in [0.1, 0.15) is 32.4 Å². The topological polar surface area (TPSA) is 70.4 Å². The van der Waals surface area contributed by atoms with Crippen LogP contribution < -0.4 is 0 Å². The summed E-state index contributed by atoms with van der Waals surface area (Å²) in [7, 11) is -4.22. The molecule has 0 aliphatic carbocycles. The molecular formula is C10H15BrNO3P. The number of hydrogen-bond acceptors (Lipinski definition) is 2. The van der Waals surface area contributed by atoms with Crippen molar-refractivity contribution in [2.75, 3.05) is 0 Å². The predicted octanol–water partition coefficient (Wildman–Crippen LogP) is 3.04. The van der Waals surface area contributed by atoms with Crippen LogP contribution in [0.25, 0.3) is 0 Å². The number of hydrogen-bond donors (Lipinski definition) is 2. The summed E-state index contributed by atoms with van der Waals surface area (Å²) in [4.78, 5) is 23.1. The lowest BCUT2D eigenvalue weighted by Gasteiger charge is -2.31. The van der Waals surface area contributed by atoms with Gasteiger partial charge in [0.25, 0.3) is 0 Å². The van der Waals surface area contributed by atoms with Gasteiger partial charge in [0, 0.05) is 10.7 Å². The van der Waals surface area contributed by atoms with E-state index in [4.69, 9.17) is 0 Å². The van der Waals surface area contributed by atoms with Gasteiger partial charge in [0.1, 0.15) is 5.16 Å². The van der Waals surface area contributed by atoms with Gasteiger partial charge in [-0.3, -0.25) is 9.55 Å². The van der Waals surface area contributed by atoms with Gasteiger partial charge in [0.15, 0.2) is 0 Å². The average Bonchev–Trinajstić information content (AvgIpc) is 2.21. The first kappa shape index (κ1) is 13.8. The molecule has 0 bridgehead atoms. The first-order valence-electron chi connectivity index (χ1n) is 5.05. The summed E-state index contributed by atoms with van der Waals surface area (Å²) in [5.74, 6) is 0. The van der Waals surface area contributed by atoms with E-state index in [9.17, 15) is 14.4 Å². The molecule has 16 heavy (non-hydrogen) atoms. The first-order valence-corrected chi connectivity index (χ1v) is 7.45. The molecule has 0 spiro atoms. The molecule has 1 heterocycles. The molecule has 2 N–H and O–H groups in total. The minimum atomic E-state index is -4.22. The second kappa shape index (κ2) is 4.96. The third kappa shape index (κ3) is 2.38. The highest BCUT2D eigenvalue weighted by molar-refractivity contribution is 9.10. The zero-order valence-electron chi connectivity index (χ0n) is 9.22. The molecule has 0 aromatic carbocycles. The van der Waals surface area contributed by atoms with E-state index in [-0.39, 0.29) is 0 Å². The maximum atomic E-state index is 11.6. The number of nitrogens with zero attached hydrogens (tertiary/aromatic N) is 1. The van der Waals surface area contributed by atoms with Crippen LogP contribution >= 0.6 is 23.5 Å². The molecule has 1 aromatic heterocycles. The van der Waals surface area contributed by atoms with E-state index in [2.05, 4.69) is 20.9 Å². The van der Waals surface area contributed by atoms with Crippen molar-refractivity contribution in [3.63, 3.8) is 0 Å². The van der Waals surface area contributed by atoms with Crippen molar-refractivity contribution in [2.45, 2.75) is 31.8 Å². The molecule has 0 unspecified atom stereocenters. The van der Waals surface area contributed by atoms with Crippen LogP contribution in [0.2, 0.25) is 0 Å². The van der Waals surface area contributed by atoms with E-state index < -0.39 is 12.8 Å². The predicted molar refractivity (Wildman–Crippen MR) is 66.2 cm³/mol. The summed E-state index contributed by atoms with van der Waals surface area (Å²) in [6.45, 7) is 3.54. The Morgan fingerprint density at radius 3 is 2.25 bits per heavy atom. The largest absolute Gasteiger partial charge is 0.337 e. The SMILES string of the molecule is CCC(CC)(c1ccc(Br)cn1)P(=O)(O)O. The van der Waals surface area contributed by atoms with Gasteiger partial charge in [-0.15, -0.1) is 0 Å². The lowest BCUT2D eigenvalue weighted by molar-refractivity contribution is 0.312. The first-order chi connectivity index (χ1) is 7.37. The van der Waals surface area contributed by atoms with Crippen LogP contribution in [0, 0.1) is 0 Å². The number of aromatic nitrogens is 1. The minimum absolute atomic E-state index is 0.364. The molecule has 0 atom stereocenters. The zero-order chi connectivity index (χ0) is 12.4. The van der Waals surface area contributed by atoms with Gasteiger partial charge in [0.05, 0.1) is 5.69 Å². The van der Waals surface area contributed by atoms with Gasteiger partial charge >= 0.3 is 7.60 Å². The van der Waals surface area contributed by atoms with Crippen molar-refractivity contribution >= 4 is 23.5 Å². The molecule has 6 heteroatoms. The highest BCUT2D eigenvalue weighted by atomic mass is 79.9. The fourth-order valence-electron chi connectivity index (χ4n) is 1.82. The molecular weight excluding hydrogens is 293 g/mol. The summed E-state index contributed by atoms with van der Waals surface area (Å²) in [5.41, 5.74) is 0.453. The second-order valence-corrected chi connectivity index (χ2v) is 6.50. The van der Waals surface area contributed by atoms with Crippen molar-refractivity contribution in [2.24, 2.45) is 0 Å². The van der Waals surface area contributed by atoms with E-state index in [1.54, 1.807) is 32.2 Å². The van der Waals surface area contributed by atoms with Crippen LogP contribution in [-0.4, -0.2) is 14.8 Å². The summed E-state index contributed by atoms with van der Waals surface area (Å²) in [6, 6.07) is 3.41. The van der Waals surface area contributed by atoms with Crippen LogP contribution in [0.15, 0.2) is 22.8 Å². The molecule has 1 aromatic rings. The van der Waals surface area contributed by atoms with Gasteiger partial charge < -0.3 is 9.79 Å². The Balaban J connectivity index is 3.32. The molecule has 4 nitrogen and oxygen atoms in total. The Bertz CT molecular complexity index is 397. The molecule has 0 amide bonds. The lowest BCUT2D eigenvalue weighted by Crippen LogP contribution is -2.25. The summed E-state index contributed by atoms with van der Waals surface area (Å²) in [6.07, 6.45) is 2.29. The Hall–Kier alpha value is -0.220. The fourth-order valence-corrected chi connectivity index (χ4v) is 3.31. The van der Waals surface area contributed by atoms with Crippen LogP contribution in [0.3, 0.4) is 0 Å². The van der Waals surface area contributed by atoms with Gasteiger partial charge in [0.2, 0.25) is 0 Å². The van der Waals surface area contributed by atoms with E-state index in [0.29, 0.717) is 18.5 Å². The van der Waals surface area contributed by atoms with Crippen molar-refractivity contribution in [3.8, 4) is 0 Å². The zero-order valence-corrected chi connectivity index (χ0v) is 11.7. The molecule has 1 rings (SSSR count). The van der Waals surface area contributed by atoms with E-state index in [1.807, 2.05) is 0 Å². The fraction of sp³-hybridized carbons (Fsp3) is 0.500. The lowest BCUT2D eigenvalue weighted by atomic mass is 9.97. The Kier molecular flexibility index (Phi) is 4.29. The van der Waals surface area contributed by atoms with Crippen molar-refractivity contribution in [1.29, 1.82) is 0 Å². The summed E-state index contributed by atoms with van der Waals surface area (Å²) in [5, 5.41) is -1.16. The van der Waals surface area contributed by atoms with Gasteiger partial charge in [-0.2, -0.15) is 0 Å². The molecule has 0 aliphatic rings. The second-order valence-electron chi connectivity index (χ2n) is 3.64. The van der Waals surface area contributed by atoms with Gasteiger partial charge in [-0.1, -0.05) is 13.8 Å². The smallest absolute Gasteiger partial charge is 0.324 e. The third-order valence-corrected chi connectivity index (χ3v) is 5.38. The molecule has 0 aliphatic heterocycles. The number of pyridine rings is 1. The molecule has 0 saturated heterocycles. The molecule has 90 valence electrons. The molecule has 0 radical (unpaired) electrons. The van der Waals surface area contributed by atoms with Gasteiger partial charge in [-0.25, -0.2) is 0 Å². The van der Waals surface area contributed by atoms with Crippen molar-refractivity contribution in [1.82, 2.24) is 4.98 Å². The average molecular weight is 308 g/mol. The van der Waals surface area contributed by atoms with E-state index in [0.717, 1.165) is 4.47 Å². The van der Waals surface area contributed by atoms with Crippen LogP contribution in [-0.2, 0) is 9.72 Å². The molecule has 0 saturated carbocycles. The Morgan fingerprint density at radius 1 is 1.38 bits per heavy atom. The summed E-state index contributed by atoms with van der Waals surface area (Å²) >= 11 is 3.25. The maximum Gasteiger partial charge on any atom is 0.337 e. The van der Waals surface area contributed by atoms with Crippen LogP contribution in [0.4, 0.5) is 0 Å².